The van der Waals surface area contributed by atoms with Gasteiger partial charge in [0.15, 0.2) is 5.76 Å². The van der Waals surface area contributed by atoms with Crippen LogP contribution >= 0.6 is 15.9 Å². The number of fused-ring (bicyclic) bond motifs is 1. The molecule has 2 heterocycles. The fourth-order valence-electron chi connectivity index (χ4n) is 2.67. The standard InChI is InChI=1S/C18H15BrN4O/c1-23-16-7-3-6-15(14(16)9-22-23)20-11-18-21-10-17(24-18)12-4-2-5-13(19)8-12/h2-10,20H,11H2,1H3. The van der Waals surface area contributed by atoms with Crippen LogP contribution in [0.4, 0.5) is 5.69 Å². The number of anilines is 1. The number of halogens is 1. The lowest BCUT2D eigenvalue weighted by atomic mass is 10.2. The summed E-state index contributed by atoms with van der Waals surface area (Å²) < 4.78 is 8.72. The number of aryl methyl sites for hydroxylation is 1. The van der Waals surface area contributed by atoms with Crippen molar-refractivity contribution in [2.45, 2.75) is 6.54 Å². The first-order valence-corrected chi connectivity index (χ1v) is 8.35. The van der Waals surface area contributed by atoms with E-state index in [4.69, 9.17) is 4.42 Å². The van der Waals surface area contributed by atoms with Crippen molar-refractivity contribution in [3.05, 3.63) is 65.2 Å². The van der Waals surface area contributed by atoms with Gasteiger partial charge < -0.3 is 9.73 Å². The van der Waals surface area contributed by atoms with E-state index >= 15 is 0 Å². The first kappa shape index (κ1) is 15.0. The molecule has 2 aromatic carbocycles. The summed E-state index contributed by atoms with van der Waals surface area (Å²) in [5, 5.41) is 8.75. The van der Waals surface area contributed by atoms with E-state index in [9.17, 15) is 0 Å². The fourth-order valence-corrected chi connectivity index (χ4v) is 3.07. The molecule has 0 saturated carbocycles. The normalized spacial score (nSPS) is 11.1. The number of rotatable bonds is 4. The second-order valence-electron chi connectivity index (χ2n) is 5.49. The van der Waals surface area contributed by atoms with Gasteiger partial charge in [0, 0.05) is 28.2 Å². The molecule has 6 heteroatoms. The molecule has 0 bridgehead atoms. The SMILES string of the molecule is Cn1ncc2c(NCc3ncc(-c4cccc(Br)c4)o3)cccc21. The summed E-state index contributed by atoms with van der Waals surface area (Å²) in [4.78, 5) is 4.36. The zero-order chi connectivity index (χ0) is 16.5. The Morgan fingerprint density at radius 3 is 2.92 bits per heavy atom. The van der Waals surface area contributed by atoms with Crippen LogP contribution in [0.2, 0.25) is 0 Å². The molecular formula is C18H15BrN4O. The molecule has 1 N–H and O–H groups in total. The summed E-state index contributed by atoms with van der Waals surface area (Å²) in [6.45, 7) is 0.516. The van der Waals surface area contributed by atoms with Crippen LogP contribution in [0.1, 0.15) is 5.89 Å². The van der Waals surface area contributed by atoms with Crippen molar-refractivity contribution in [2.75, 3.05) is 5.32 Å². The van der Waals surface area contributed by atoms with Gasteiger partial charge in [-0.05, 0) is 24.3 Å². The van der Waals surface area contributed by atoms with Gasteiger partial charge in [0.1, 0.15) is 0 Å². The van der Waals surface area contributed by atoms with Crippen LogP contribution in [0, 0.1) is 0 Å². The number of aromatic nitrogens is 3. The van der Waals surface area contributed by atoms with E-state index in [2.05, 4.69) is 31.3 Å². The fraction of sp³-hybridized carbons (Fsp3) is 0.111. The van der Waals surface area contributed by atoms with E-state index in [1.54, 1.807) is 6.20 Å². The molecule has 0 atom stereocenters. The molecule has 0 saturated heterocycles. The molecule has 5 nitrogen and oxygen atoms in total. The van der Waals surface area contributed by atoms with Crippen molar-refractivity contribution in [3.63, 3.8) is 0 Å². The predicted octanol–water partition coefficient (Wildman–Crippen LogP) is 4.60. The summed E-state index contributed by atoms with van der Waals surface area (Å²) >= 11 is 3.47. The van der Waals surface area contributed by atoms with E-state index in [1.165, 1.54) is 0 Å². The number of nitrogens with one attached hydrogen (secondary N) is 1. The highest BCUT2D eigenvalue weighted by atomic mass is 79.9. The summed E-state index contributed by atoms with van der Waals surface area (Å²) in [6, 6.07) is 14.0. The minimum Gasteiger partial charge on any atom is -0.439 e. The van der Waals surface area contributed by atoms with Gasteiger partial charge in [-0.2, -0.15) is 5.10 Å². The second kappa shape index (κ2) is 6.13. The summed E-state index contributed by atoms with van der Waals surface area (Å²) in [5.74, 6) is 1.40. The predicted molar refractivity (Wildman–Crippen MR) is 97.7 cm³/mol. The van der Waals surface area contributed by atoms with Crippen molar-refractivity contribution in [1.29, 1.82) is 0 Å². The van der Waals surface area contributed by atoms with Gasteiger partial charge in [0.25, 0.3) is 0 Å². The molecule has 120 valence electrons. The Morgan fingerprint density at radius 2 is 2.04 bits per heavy atom. The minimum atomic E-state index is 0.516. The molecule has 0 aliphatic rings. The number of oxazole rings is 1. The van der Waals surface area contributed by atoms with Gasteiger partial charge in [-0.3, -0.25) is 4.68 Å². The first-order chi connectivity index (χ1) is 11.7. The van der Waals surface area contributed by atoms with Gasteiger partial charge in [-0.1, -0.05) is 34.1 Å². The third-order valence-corrected chi connectivity index (χ3v) is 4.38. The Labute approximate surface area is 147 Å². The van der Waals surface area contributed by atoms with Gasteiger partial charge in [-0.15, -0.1) is 0 Å². The molecule has 0 unspecified atom stereocenters. The molecule has 4 aromatic rings. The lowest BCUT2D eigenvalue weighted by molar-refractivity contribution is 0.516. The quantitative estimate of drug-likeness (QED) is 0.560. The topological polar surface area (TPSA) is 55.9 Å². The van der Waals surface area contributed by atoms with Crippen molar-refractivity contribution in [1.82, 2.24) is 14.8 Å². The van der Waals surface area contributed by atoms with E-state index in [0.29, 0.717) is 12.4 Å². The van der Waals surface area contributed by atoms with Gasteiger partial charge >= 0.3 is 0 Å². The van der Waals surface area contributed by atoms with E-state index in [-0.39, 0.29) is 0 Å². The average Bonchev–Trinajstić information content (AvgIpc) is 3.21. The zero-order valence-electron chi connectivity index (χ0n) is 13.0. The lowest BCUT2D eigenvalue weighted by Crippen LogP contribution is -1.99. The Morgan fingerprint density at radius 1 is 1.17 bits per heavy atom. The molecule has 0 aliphatic heterocycles. The molecule has 0 aliphatic carbocycles. The van der Waals surface area contributed by atoms with Crippen LogP contribution in [0.15, 0.2) is 63.7 Å². The molecule has 24 heavy (non-hydrogen) atoms. The van der Waals surface area contributed by atoms with Crippen LogP contribution in [0.25, 0.3) is 22.2 Å². The smallest absolute Gasteiger partial charge is 0.214 e. The molecule has 0 amide bonds. The summed E-state index contributed by atoms with van der Waals surface area (Å²) in [7, 11) is 1.93. The maximum atomic E-state index is 5.85. The number of hydrogen-bond donors (Lipinski definition) is 1. The number of benzene rings is 2. The van der Waals surface area contributed by atoms with Gasteiger partial charge in [0.05, 0.1) is 24.5 Å². The Hall–Kier alpha value is -2.60. The van der Waals surface area contributed by atoms with Crippen LogP contribution < -0.4 is 5.32 Å². The Balaban J connectivity index is 1.54. The van der Waals surface area contributed by atoms with Gasteiger partial charge in [0.2, 0.25) is 5.89 Å². The summed E-state index contributed by atoms with van der Waals surface area (Å²) in [5.41, 5.74) is 3.10. The van der Waals surface area contributed by atoms with E-state index < -0.39 is 0 Å². The number of nitrogens with zero attached hydrogens (tertiary/aromatic N) is 3. The highest BCUT2D eigenvalue weighted by Gasteiger charge is 2.09. The summed E-state index contributed by atoms with van der Waals surface area (Å²) in [6.07, 6.45) is 3.61. The average molecular weight is 383 g/mol. The van der Waals surface area contributed by atoms with Crippen LogP contribution in [0.3, 0.4) is 0 Å². The molecule has 0 spiro atoms. The maximum absolute atomic E-state index is 5.85. The van der Waals surface area contributed by atoms with Gasteiger partial charge in [-0.25, -0.2) is 4.98 Å². The maximum Gasteiger partial charge on any atom is 0.214 e. The first-order valence-electron chi connectivity index (χ1n) is 7.56. The Bertz CT molecular complexity index is 1010. The van der Waals surface area contributed by atoms with E-state index in [1.807, 2.05) is 60.4 Å². The monoisotopic (exact) mass is 382 g/mol. The second-order valence-corrected chi connectivity index (χ2v) is 6.40. The molecule has 0 radical (unpaired) electrons. The van der Waals surface area contributed by atoms with Crippen molar-refractivity contribution in [2.24, 2.45) is 7.05 Å². The lowest BCUT2D eigenvalue weighted by Gasteiger charge is -2.05. The van der Waals surface area contributed by atoms with Crippen molar-refractivity contribution < 1.29 is 4.42 Å². The molecule has 4 rings (SSSR count). The third-order valence-electron chi connectivity index (χ3n) is 3.88. The number of hydrogen-bond acceptors (Lipinski definition) is 4. The highest BCUT2D eigenvalue weighted by Crippen LogP contribution is 2.25. The highest BCUT2D eigenvalue weighted by molar-refractivity contribution is 9.10. The largest absolute Gasteiger partial charge is 0.439 e. The molecular weight excluding hydrogens is 368 g/mol. The van der Waals surface area contributed by atoms with Crippen LogP contribution in [-0.2, 0) is 13.6 Å². The zero-order valence-corrected chi connectivity index (χ0v) is 14.6. The Kier molecular flexibility index (Phi) is 3.82. The molecule has 0 fully saturated rings. The molecule has 2 aromatic heterocycles. The van der Waals surface area contributed by atoms with Crippen LogP contribution in [0.5, 0.6) is 0 Å². The van der Waals surface area contributed by atoms with Crippen molar-refractivity contribution >= 4 is 32.5 Å². The third kappa shape index (κ3) is 2.80. The van der Waals surface area contributed by atoms with Crippen molar-refractivity contribution in [3.8, 4) is 11.3 Å². The van der Waals surface area contributed by atoms with E-state index in [0.717, 1.165) is 32.4 Å². The minimum absolute atomic E-state index is 0.516. The van der Waals surface area contributed by atoms with Crippen LogP contribution in [-0.4, -0.2) is 14.8 Å².